The predicted molar refractivity (Wildman–Crippen MR) is 279 cm³/mol. The second-order valence-electron chi connectivity index (χ2n) is 18.7. The molecule has 0 atom stereocenters. The van der Waals surface area contributed by atoms with Crippen molar-refractivity contribution < 1.29 is 8.83 Å². The smallest absolute Gasteiger partial charge is 0.248 e. The molecule has 0 radical (unpaired) electrons. The SMILES string of the molecule is Cc1cc(C)c(B2c3cc4cc5oc6ccccc6c5cc4cc3N3c4cc5ccccc5cc4N(c4ccc5cc6oc7ccccc7c6cc5c4)c4cc5ccccc5c2c43)c(C)c1. The van der Waals surface area contributed by atoms with Crippen LogP contribution in [0.1, 0.15) is 16.7 Å². The van der Waals surface area contributed by atoms with Crippen LogP contribution in [0.15, 0.2) is 191 Å². The van der Waals surface area contributed by atoms with Crippen LogP contribution in [0.3, 0.4) is 0 Å². The number of anilines is 6. The van der Waals surface area contributed by atoms with E-state index in [9.17, 15) is 0 Å². The van der Waals surface area contributed by atoms with Crippen molar-refractivity contribution in [2.45, 2.75) is 20.8 Å². The van der Waals surface area contributed by atoms with Crippen LogP contribution >= 0.6 is 0 Å². The van der Waals surface area contributed by atoms with Gasteiger partial charge in [0.15, 0.2) is 0 Å². The normalized spacial score (nSPS) is 13.3. The second kappa shape index (κ2) is 12.9. The molecule has 0 fully saturated rings. The zero-order chi connectivity index (χ0) is 43.5. The van der Waals surface area contributed by atoms with Crippen LogP contribution in [0.5, 0.6) is 0 Å². The zero-order valence-corrected chi connectivity index (χ0v) is 36.6. The first kappa shape index (κ1) is 36.1. The third-order valence-corrected chi connectivity index (χ3v) is 14.8. The lowest BCUT2D eigenvalue weighted by Gasteiger charge is -2.46. The van der Waals surface area contributed by atoms with Gasteiger partial charge in [-0.25, -0.2) is 0 Å². The summed E-state index contributed by atoms with van der Waals surface area (Å²) >= 11 is 0. The third kappa shape index (κ3) is 4.89. The van der Waals surface area contributed by atoms with Gasteiger partial charge in [-0.15, -0.1) is 0 Å². The molecule has 15 rings (SSSR count). The summed E-state index contributed by atoms with van der Waals surface area (Å²) in [6, 6.07) is 67.6. The van der Waals surface area contributed by atoms with Crippen LogP contribution in [0, 0.1) is 20.8 Å². The Morgan fingerprint density at radius 2 is 0.864 bits per heavy atom. The summed E-state index contributed by atoms with van der Waals surface area (Å²) in [5, 5.41) is 14.1. The fourth-order valence-corrected chi connectivity index (χ4v) is 12.0. The fourth-order valence-electron chi connectivity index (χ4n) is 12.0. The summed E-state index contributed by atoms with van der Waals surface area (Å²) in [7, 11) is 0. The highest BCUT2D eigenvalue weighted by Gasteiger charge is 2.44. The van der Waals surface area contributed by atoms with Crippen molar-refractivity contribution in [1.82, 2.24) is 0 Å². The molecule has 66 heavy (non-hydrogen) atoms. The first-order chi connectivity index (χ1) is 32.4. The minimum atomic E-state index is -0.0596. The van der Waals surface area contributed by atoms with Gasteiger partial charge >= 0.3 is 0 Å². The fraction of sp³-hybridized carbons (Fsp3) is 0.0492. The number of furan rings is 2. The van der Waals surface area contributed by atoms with Gasteiger partial charge in [0.25, 0.3) is 0 Å². The minimum absolute atomic E-state index is 0.0596. The van der Waals surface area contributed by atoms with E-state index in [1.807, 2.05) is 6.07 Å². The van der Waals surface area contributed by atoms with Crippen molar-refractivity contribution >= 4 is 144 Å². The number of aryl methyl sites for hydroxylation is 3. The van der Waals surface area contributed by atoms with Crippen molar-refractivity contribution in [2.24, 2.45) is 0 Å². The topological polar surface area (TPSA) is 32.8 Å². The van der Waals surface area contributed by atoms with Crippen molar-refractivity contribution in [3.8, 4) is 0 Å². The van der Waals surface area contributed by atoms with Crippen molar-refractivity contribution in [3.63, 3.8) is 0 Å². The van der Waals surface area contributed by atoms with Gasteiger partial charge < -0.3 is 18.6 Å². The number of para-hydroxylation sites is 2. The van der Waals surface area contributed by atoms with Crippen LogP contribution in [0.4, 0.5) is 34.1 Å². The van der Waals surface area contributed by atoms with Crippen molar-refractivity contribution in [3.05, 3.63) is 199 Å². The summed E-state index contributed by atoms with van der Waals surface area (Å²) in [4.78, 5) is 5.15. The van der Waals surface area contributed by atoms with Gasteiger partial charge in [-0.2, -0.15) is 0 Å². The molecule has 0 amide bonds. The van der Waals surface area contributed by atoms with E-state index in [0.29, 0.717) is 0 Å². The Bertz CT molecular complexity index is 4290. The van der Waals surface area contributed by atoms with Gasteiger partial charge in [-0.3, -0.25) is 0 Å². The van der Waals surface area contributed by atoms with E-state index < -0.39 is 0 Å². The largest absolute Gasteiger partial charge is 0.456 e. The van der Waals surface area contributed by atoms with Crippen LogP contribution in [-0.4, -0.2) is 6.71 Å². The number of nitrogens with zero attached hydrogens (tertiary/aromatic N) is 2. The van der Waals surface area contributed by atoms with E-state index in [1.54, 1.807) is 0 Å². The molecule has 308 valence electrons. The maximum atomic E-state index is 6.53. The van der Waals surface area contributed by atoms with E-state index >= 15 is 0 Å². The molecular formula is C61H39BN2O2. The van der Waals surface area contributed by atoms with Gasteiger partial charge in [0.1, 0.15) is 22.3 Å². The van der Waals surface area contributed by atoms with Gasteiger partial charge in [-0.1, -0.05) is 131 Å². The molecule has 0 saturated heterocycles. The molecule has 0 N–H and O–H groups in total. The molecule has 2 aliphatic rings. The van der Waals surface area contributed by atoms with Gasteiger partial charge in [-0.05, 0) is 148 Å². The lowest BCUT2D eigenvalue weighted by molar-refractivity contribution is 0.669. The number of hydrogen-bond donors (Lipinski definition) is 0. The van der Waals surface area contributed by atoms with Crippen LogP contribution in [0.25, 0.3) is 87.0 Å². The van der Waals surface area contributed by atoms with E-state index in [2.05, 4.69) is 206 Å². The maximum absolute atomic E-state index is 6.53. The van der Waals surface area contributed by atoms with Crippen molar-refractivity contribution in [2.75, 3.05) is 9.80 Å². The zero-order valence-electron chi connectivity index (χ0n) is 36.6. The standard InChI is InChI=1S/C61H39BN2O2/c1-34-22-35(2)59(36(3)23-34)62-50-27-43-33-58-49(47-17-9-11-19-56(47)66-58)26-42(43)31-51(50)64-53-29-38-13-5-4-12-37(38)28-52(53)63(54-30-40-14-6-7-15-45(40)60(62)61(54)64)44-21-20-39-32-57-48(25-41(39)24-44)46-16-8-10-18-55(46)65-57/h4-33H,1-3H3. The van der Waals surface area contributed by atoms with E-state index in [-0.39, 0.29) is 6.71 Å². The molecule has 0 bridgehead atoms. The Labute approximate surface area is 380 Å². The van der Waals surface area contributed by atoms with E-state index in [1.165, 1.54) is 82.2 Å². The summed E-state index contributed by atoms with van der Waals surface area (Å²) in [5.41, 5.74) is 18.5. The summed E-state index contributed by atoms with van der Waals surface area (Å²) in [6.45, 7) is 6.77. The summed E-state index contributed by atoms with van der Waals surface area (Å²) < 4.78 is 12.9. The molecular weight excluding hydrogens is 803 g/mol. The molecule has 5 heteroatoms. The number of rotatable bonds is 2. The van der Waals surface area contributed by atoms with Crippen LogP contribution in [0.2, 0.25) is 0 Å². The monoisotopic (exact) mass is 842 g/mol. The molecule has 0 spiro atoms. The molecule has 11 aromatic carbocycles. The average molecular weight is 843 g/mol. The van der Waals surface area contributed by atoms with E-state index in [0.717, 1.165) is 72.0 Å². The molecule has 4 heterocycles. The quantitative estimate of drug-likeness (QED) is 0.162. The summed E-state index contributed by atoms with van der Waals surface area (Å²) in [5.74, 6) is 0. The molecule has 0 aliphatic carbocycles. The highest BCUT2D eigenvalue weighted by Crippen LogP contribution is 2.57. The van der Waals surface area contributed by atoms with Crippen LogP contribution < -0.4 is 26.2 Å². The highest BCUT2D eigenvalue weighted by molar-refractivity contribution is 7.00. The number of hydrogen-bond acceptors (Lipinski definition) is 4. The van der Waals surface area contributed by atoms with Gasteiger partial charge in [0.05, 0.1) is 22.7 Å². The minimum Gasteiger partial charge on any atom is -0.456 e. The molecule has 2 aromatic heterocycles. The Morgan fingerprint density at radius 3 is 1.55 bits per heavy atom. The lowest BCUT2D eigenvalue weighted by Crippen LogP contribution is -2.59. The van der Waals surface area contributed by atoms with Gasteiger partial charge in [0, 0.05) is 32.9 Å². The van der Waals surface area contributed by atoms with Crippen molar-refractivity contribution in [1.29, 1.82) is 0 Å². The molecule has 0 unspecified atom stereocenters. The second-order valence-corrected chi connectivity index (χ2v) is 18.7. The van der Waals surface area contributed by atoms with Gasteiger partial charge in [0.2, 0.25) is 6.71 Å². The average Bonchev–Trinajstić information content (AvgIpc) is 3.88. The molecule has 4 nitrogen and oxygen atoms in total. The number of fused-ring (bicyclic) bond motifs is 15. The summed E-state index contributed by atoms with van der Waals surface area (Å²) in [6.07, 6.45) is 0. The lowest BCUT2D eigenvalue weighted by atomic mass is 9.33. The predicted octanol–water partition coefficient (Wildman–Crippen LogP) is 15.1. The number of benzene rings is 11. The maximum Gasteiger partial charge on any atom is 0.248 e. The Balaban J connectivity index is 1.08. The first-order valence-corrected chi connectivity index (χ1v) is 22.9. The molecule has 0 saturated carbocycles. The highest BCUT2D eigenvalue weighted by atomic mass is 16.3. The Morgan fingerprint density at radius 1 is 0.348 bits per heavy atom. The molecule has 13 aromatic rings. The third-order valence-electron chi connectivity index (χ3n) is 14.8. The Hall–Kier alpha value is -8.28. The molecule has 2 aliphatic heterocycles. The van der Waals surface area contributed by atoms with E-state index in [4.69, 9.17) is 8.83 Å². The first-order valence-electron chi connectivity index (χ1n) is 22.9. The van der Waals surface area contributed by atoms with Crippen LogP contribution in [-0.2, 0) is 0 Å². The Kier molecular flexibility index (Phi) is 7.07.